The number of rotatable bonds is 4. The second kappa shape index (κ2) is 5.17. The zero-order valence-corrected chi connectivity index (χ0v) is 11.0. The lowest BCUT2D eigenvalue weighted by Gasteiger charge is -2.37. The van der Waals surface area contributed by atoms with Gasteiger partial charge in [0.2, 0.25) is 0 Å². The molecule has 0 amide bonds. The van der Waals surface area contributed by atoms with Crippen molar-refractivity contribution in [3.63, 3.8) is 0 Å². The number of likely N-dealkylation sites (N-methyl/N-ethyl adjacent to an activating group) is 1. The summed E-state index contributed by atoms with van der Waals surface area (Å²) in [6, 6.07) is 8.32. The zero-order valence-electron chi connectivity index (χ0n) is 9.43. The van der Waals surface area contributed by atoms with Crippen LogP contribution in [0.5, 0.6) is 0 Å². The minimum atomic E-state index is -0.0991. The van der Waals surface area contributed by atoms with Gasteiger partial charge in [-0.2, -0.15) is 0 Å². The number of likely N-dealkylation sites (tertiary alicyclic amines) is 1. The van der Waals surface area contributed by atoms with Gasteiger partial charge in [-0.15, -0.1) is 0 Å². The predicted molar refractivity (Wildman–Crippen MR) is 69.9 cm³/mol. The van der Waals surface area contributed by atoms with Crippen LogP contribution in [-0.4, -0.2) is 49.3 Å². The number of aliphatic hydroxyl groups excluding tert-OH is 1. The van der Waals surface area contributed by atoms with Gasteiger partial charge in [0.1, 0.15) is 0 Å². The molecule has 0 bridgehead atoms. The smallest absolute Gasteiger partial charge is 0.0793 e. The third-order valence-corrected chi connectivity index (χ3v) is 3.49. The van der Waals surface area contributed by atoms with E-state index >= 15 is 0 Å². The van der Waals surface area contributed by atoms with E-state index < -0.39 is 0 Å². The minimum absolute atomic E-state index is 0.0991. The van der Waals surface area contributed by atoms with Crippen LogP contribution < -0.4 is 4.90 Å². The van der Waals surface area contributed by atoms with Crippen LogP contribution in [0.3, 0.4) is 0 Å². The quantitative estimate of drug-likeness (QED) is 0.909. The molecule has 1 aliphatic heterocycles. The molecule has 1 aromatic rings. The molecule has 0 unspecified atom stereocenters. The first-order valence-electron chi connectivity index (χ1n) is 5.52. The largest absolute Gasteiger partial charge is 0.390 e. The van der Waals surface area contributed by atoms with Crippen molar-refractivity contribution in [1.82, 2.24) is 4.90 Å². The van der Waals surface area contributed by atoms with E-state index in [1.54, 1.807) is 0 Å². The predicted octanol–water partition coefficient (Wildman–Crippen LogP) is 1.56. The van der Waals surface area contributed by atoms with E-state index in [2.05, 4.69) is 57.0 Å². The molecule has 1 aliphatic rings. The third-order valence-electron chi connectivity index (χ3n) is 2.96. The molecule has 4 heteroatoms. The number of halogens is 1. The number of hydrogen-bond donors (Lipinski definition) is 1. The summed E-state index contributed by atoms with van der Waals surface area (Å²) in [5.74, 6) is 0. The van der Waals surface area contributed by atoms with Gasteiger partial charge in [0.05, 0.1) is 6.10 Å². The Morgan fingerprint density at radius 1 is 1.38 bits per heavy atom. The molecule has 1 aromatic carbocycles. The average molecular weight is 285 g/mol. The molecular weight excluding hydrogens is 268 g/mol. The summed E-state index contributed by atoms with van der Waals surface area (Å²) in [4.78, 5) is 4.50. The molecule has 1 heterocycles. The summed E-state index contributed by atoms with van der Waals surface area (Å²) in [7, 11) is 2.10. The summed E-state index contributed by atoms with van der Waals surface area (Å²) in [5.41, 5.74) is 1.23. The molecule has 2 rings (SSSR count). The molecule has 0 aliphatic carbocycles. The molecular formula is C12H17BrN2O. The standard InChI is InChI=1S/C12H17BrN2O/c1-14(6-7-15-8-12(16)9-15)11-4-2-10(13)3-5-11/h2-5,12,16H,6-9H2,1H3. The number of nitrogens with zero attached hydrogens (tertiary/aromatic N) is 2. The van der Waals surface area contributed by atoms with Crippen LogP contribution in [-0.2, 0) is 0 Å². The summed E-state index contributed by atoms with van der Waals surface area (Å²) in [6.07, 6.45) is -0.0991. The molecule has 88 valence electrons. The van der Waals surface area contributed by atoms with Gasteiger partial charge in [0.15, 0.2) is 0 Å². The Morgan fingerprint density at radius 3 is 2.56 bits per heavy atom. The van der Waals surface area contributed by atoms with Gasteiger partial charge in [-0.1, -0.05) is 15.9 Å². The normalized spacial score (nSPS) is 17.2. The van der Waals surface area contributed by atoms with Crippen molar-refractivity contribution in [2.24, 2.45) is 0 Å². The first-order valence-corrected chi connectivity index (χ1v) is 6.31. The topological polar surface area (TPSA) is 26.7 Å². The SMILES string of the molecule is CN(CCN1CC(O)C1)c1ccc(Br)cc1. The highest BCUT2D eigenvalue weighted by molar-refractivity contribution is 9.10. The number of hydrogen-bond acceptors (Lipinski definition) is 3. The van der Waals surface area contributed by atoms with E-state index in [1.807, 2.05) is 0 Å². The second-order valence-electron chi connectivity index (χ2n) is 4.31. The fourth-order valence-corrected chi connectivity index (χ4v) is 2.11. The summed E-state index contributed by atoms with van der Waals surface area (Å²) >= 11 is 3.43. The Hall–Kier alpha value is -0.580. The van der Waals surface area contributed by atoms with Crippen LogP contribution in [0.1, 0.15) is 0 Å². The van der Waals surface area contributed by atoms with Crippen molar-refractivity contribution in [3.05, 3.63) is 28.7 Å². The Bertz CT molecular complexity index is 335. The Morgan fingerprint density at radius 2 is 2.00 bits per heavy atom. The minimum Gasteiger partial charge on any atom is -0.390 e. The maximum absolute atomic E-state index is 9.17. The number of anilines is 1. The molecule has 0 spiro atoms. The molecule has 0 aromatic heterocycles. The van der Waals surface area contributed by atoms with Gasteiger partial charge in [-0.3, -0.25) is 4.90 Å². The molecule has 16 heavy (non-hydrogen) atoms. The Kier molecular flexibility index (Phi) is 3.84. The van der Waals surface area contributed by atoms with Gasteiger partial charge >= 0.3 is 0 Å². The van der Waals surface area contributed by atoms with Crippen LogP contribution in [0.25, 0.3) is 0 Å². The lowest BCUT2D eigenvalue weighted by molar-refractivity contribution is 0.00425. The van der Waals surface area contributed by atoms with Crippen molar-refractivity contribution in [3.8, 4) is 0 Å². The maximum atomic E-state index is 9.17. The highest BCUT2D eigenvalue weighted by Crippen LogP contribution is 2.17. The highest BCUT2D eigenvalue weighted by atomic mass is 79.9. The lowest BCUT2D eigenvalue weighted by atomic mass is 10.2. The van der Waals surface area contributed by atoms with Crippen molar-refractivity contribution in [2.75, 3.05) is 38.1 Å². The fraction of sp³-hybridized carbons (Fsp3) is 0.500. The summed E-state index contributed by atoms with van der Waals surface area (Å²) in [5, 5.41) is 9.17. The van der Waals surface area contributed by atoms with E-state index in [1.165, 1.54) is 5.69 Å². The first-order chi connectivity index (χ1) is 7.65. The van der Waals surface area contributed by atoms with E-state index in [4.69, 9.17) is 0 Å². The van der Waals surface area contributed by atoms with Crippen LogP contribution in [0.15, 0.2) is 28.7 Å². The second-order valence-corrected chi connectivity index (χ2v) is 5.23. The Balaban J connectivity index is 1.79. The van der Waals surface area contributed by atoms with Crippen LogP contribution >= 0.6 is 15.9 Å². The molecule has 1 N–H and O–H groups in total. The molecule has 0 saturated carbocycles. The van der Waals surface area contributed by atoms with E-state index in [-0.39, 0.29) is 6.10 Å². The van der Waals surface area contributed by atoms with Gasteiger partial charge < -0.3 is 10.0 Å². The van der Waals surface area contributed by atoms with Crippen molar-refractivity contribution in [2.45, 2.75) is 6.10 Å². The highest BCUT2D eigenvalue weighted by Gasteiger charge is 2.23. The summed E-state index contributed by atoms with van der Waals surface area (Å²) < 4.78 is 1.11. The van der Waals surface area contributed by atoms with Crippen LogP contribution in [0, 0.1) is 0 Å². The molecule has 0 radical (unpaired) electrons. The van der Waals surface area contributed by atoms with Crippen molar-refractivity contribution >= 4 is 21.6 Å². The van der Waals surface area contributed by atoms with Gasteiger partial charge in [0.25, 0.3) is 0 Å². The zero-order chi connectivity index (χ0) is 11.5. The fourth-order valence-electron chi connectivity index (χ4n) is 1.84. The van der Waals surface area contributed by atoms with E-state index in [9.17, 15) is 5.11 Å². The number of β-amino-alcohol motifs (C(OH)–C–C–N with tert-alkyl or cyclic N) is 1. The van der Waals surface area contributed by atoms with Crippen molar-refractivity contribution < 1.29 is 5.11 Å². The van der Waals surface area contributed by atoms with Gasteiger partial charge in [0, 0.05) is 43.4 Å². The van der Waals surface area contributed by atoms with E-state index in [0.717, 1.165) is 30.7 Å². The van der Waals surface area contributed by atoms with Gasteiger partial charge in [-0.05, 0) is 24.3 Å². The van der Waals surface area contributed by atoms with Crippen molar-refractivity contribution in [1.29, 1.82) is 0 Å². The van der Waals surface area contributed by atoms with Crippen LogP contribution in [0.4, 0.5) is 5.69 Å². The molecule has 1 fully saturated rings. The number of aliphatic hydroxyl groups is 1. The maximum Gasteiger partial charge on any atom is 0.0793 e. The first kappa shape index (κ1) is 11.9. The van der Waals surface area contributed by atoms with Gasteiger partial charge in [-0.25, -0.2) is 0 Å². The summed E-state index contributed by atoms with van der Waals surface area (Å²) in [6.45, 7) is 3.67. The molecule has 0 atom stereocenters. The molecule has 3 nitrogen and oxygen atoms in total. The average Bonchev–Trinajstić information content (AvgIpc) is 2.23. The third kappa shape index (κ3) is 2.97. The number of benzene rings is 1. The monoisotopic (exact) mass is 284 g/mol. The molecule has 1 saturated heterocycles. The Labute approximate surface area is 105 Å². The van der Waals surface area contributed by atoms with Crippen LogP contribution in [0.2, 0.25) is 0 Å². The van der Waals surface area contributed by atoms with E-state index in [0.29, 0.717) is 0 Å². The lowest BCUT2D eigenvalue weighted by Crippen LogP contribution is -2.52.